The molecule has 92 valence electrons. The first kappa shape index (κ1) is 13.8. The molecule has 2 rings (SSSR count). The van der Waals surface area contributed by atoms with Gasteiger partial charge in [0.1, 0.15) is 0 Å². The molecular formula is C7H9N4O4PS. The molecule has 1 aromatic heterocycles. The van der Waals surface area contributed by atoms with E-state index in [0.717, 1.165) is 5.69 Å². The number of hydrogen-bond donors (Lipinski definition) is 4. The van der Waals surface area contributed by atoms with E-state index in [2.05, 4.69) is 28.2 Å². The highest BCUT2D eigenvalue weighted by Crippen LogP contribution is 2.25. The van der Waals surface area contributed by atoms with Crippen LogP contribution in [0.3, 0.4) is 0 Å². The lowest BCUT2D eigenvalue weighted by molar-refractivity contribution is 0.275. The van der Waals surface area contributed by atoms with Crippen molar-refractivity contribution in [2.45, 2.75) is 5.16 Å². The van der Waals surface area contributed by atoms with Crippen LogP contribution in [-0.4, -0.2) is 34.9 Å². The van der Waals surface area contributed by atoms with Gasteiger partial charge in [-0.05, 0) is 22.6 Å². The number of rotatable bonds is 1. The number of aromatic nitrogens is 4. The molecule has 17 heavy (non-hydrogen) atoms. The lowest BCUT2D eigenvalue weighted by Crippen LogP contribution is -1.96. The van der Waals surface area contributed by atoms with Crippen molar-refractivity contribution in [1.82, 2.24) is 20.2 Å². The van der Waals surface area contributed by atoms with E-state index in [1.54, 1.807) is 4.68 Å². The van der Waals surface area contributed by atoms with Crippen LogP contribution in [0.2, 0.25) is 0 Å². The average Bonchev–Trinajstić information content (AvgIpc) is 2.63. The fourth-order valence-corrected chi connectivity index (χ4v) is 1.11. The van der Waals surface area contributed by atoms with Gasteiger partial charge in [0.25, 0.3) is 0 Å². The zero-order valence-electron chi connectivity index (χ0n) is 8.32. The van der Waals surface area contributed by atoms with Gasteiger partial charge in [-0.2, -0.15) is 4.68 Å². The molecule has 0 saturated heterocycles. The number of nitrogens with zero attached hydrogens (tertiary/aromatic N) is 4. The van der Waals surface area contributed by atoms with Crippen molar-refractivity contribution in [3.8, 4) is 5.69 Å². The summed E-state index contributed by atoms with van der Waals surface area (Å²) in [6.07, 6.45) is 0. The highest BCUT2D eigenvalue weighted by Gasteiger charge is 2.01. The molecule has 0 aliphatic heterocycles. The summed E-state index contributed by atoms with van der Waals surface area (Å²) in [4.78, 5) is 21.6. The lowest BCUT2D eigenvalue weighted by Gasteiger charge is -1.98. The third-order valence-corrected chi connectivity index (χ3v) is 1.73. The molecule has 0 atom stereocenters. The van der Waals surface area contributed by atoms with Gasteiger partial charge in [0.2, 0.25) is 5.16 Å². The van der Waals surface area contributed by atoms with Crippen molar-refractivity contribution in [3.05, 3.63) is 30.3 Å². The number of tetrazole rings is 1. The maximum Gasteiger partial charge on any atom is 0.466 e. The van der Waals surface area contributed by atoms with Crippen LogP contribution >= 0.6 is 20.5 Å². The van der Waals surface area contributed by atoms with Crippen LogP contribution in [-0.2, 0) is 4.57 Å². The number of phosphoric acid groups is 1. The van der Waals surface area contributed by atoms with Gasteiger partial charge >= 0.3 is 7.82 Å². The standard InChI is InChI=1S/C7H6N4S.H3O4P/c12-7-8-9-10-11(7)6-4-2-1-3-5-6;1-5(2,3)4/h1-5H,(H,8,10,12);(H3,1,2,3,4). The van der Waals surface area contributed by atoms with E-state index in [-0.39, 0.29) is 0 Å². The van der Waals surface area contributed by atoms with E-state index in [9.17, 15) is 0 Å². The Kier molecular flexibility index (Phi) is 4.79. The van der Waals surface area contributed by atoms with Crippen LogP contribution in [0.25, 0.3) is 5.69 Å². The van der Waals surface area contributed by atoms with Crippen LogP contribution in [0, 0.1) is 0 Å². The summed E-state index contributed by atoms with van der Waals surface area (Å²) >= 11 is 4.09. The van der Waals surface area contributed by atoms with Crippen molar-refractivity contribution in [2.24, 2.45) is 0 Å². The summed E-state index contributed by atoms with van der Waals surface area (Å²) in [5.41, 5.74) is 0.910. The molecule has 0 radical (unpaired) electrons. The van der Waals surface area contributed by atoms with Crippen LogP contribution in [0.5, 0.6) is 0 Å². The molecule has 0 amide bonds. The van der Waals surface area contributed by atoms with E-state index in [1.165, 1.54) is 0 Å². The molecule has 0 unspecified atom stereocenters. The Morgan fingerprint density at radius 3 is 2.12 bits per heavy atom. The van der Waals surface area contributed by atoms with Crippen molar-refractivity contribution in [3.63, 3.8) is 0 Å². The minimum atomic E-state index is -4.64. The van der Waals surface area contributed by atoms with E-state index in [0.29, 0.717) is 5.16 Å². The first-order valence-electron chi connectivity index (χ1n) is 4.19. The quantitative estimate of drug-likeness (QED) is 0.428. The topological polar surface area (TPSA) is 121 Å². The largest absolute Gasteiger partial charge is 0.466 e. The molecule has 0 saturated carbocycles. The van der Waals surface area contributed by atoms with Gasteiger partial charge in [0.05, 0.1) is 5.69 Å². The smallest absolute Gasteiger partial charge is 0.303 e. The van der Waals surface area contributed by atoms with Gasteiger partial charge in [-0.3, -0.25) is 0 Å². The monoisotopic (exact) mass is 276 g/mol. The number of benzene rings is 1. The third-order valence-electron chi connectivity index (χ3n) is 1.45. The predicted octanol–water partition coefficient (Wildman–Crippen LogP) is 0.0224. The number of thiol groups is 1. The van der Waals surface area contributed by atoms with Crippen LogP contribution in [0.1, 0.15) is 0 Å². The van der Waals surface area contributed by atoms with E-state index in [1.807, 2.05) is 30.3 Å². The normalized spacial score (nSPS) is 10.6. The first-order chi connectivity index (χ1) is 7.88. The molecule has 1 aromatic carbocycles. The van der Waals surface area contributed by atoms with Crippen molar-refractivity contribution < 1.29 is 19.2 Å². The predicted molar refractivity (Wildman–Crippen MR) is 60.7 cm³/mol. The maximum atomic E-state index is 8.88. The number of para-hydroxylation sites is 1. The molecule has 0 aliphatic rings. The molecule has 0 spiro atoms. The van der Waals surface area contributed by atoms with E-state index < -0.39 is 7.82 Å². The Balaban J connectivity index is 0.000000249. The Morgan fingerprint density at radius 2 is 1.71 bits per heavy atom. The summed E-state index contributed by atoms with van der Waals surface area (Å²) < 4.78 is 10.4. The van der Waals surface area contributed by atoms with E-state index >= 15 is 0 Å². The zero-order chi connectivity index (χ0) is 12.9. The van der Waals surface area contributed by atoms with Gasteiger partial charge in [0.15, 0.2) is 0 Å². The fraction of sp³-hybridized carbons (Fsp3) is 0. The SMILES string of the molecule is O=P(O)(O)O.Sc1nnnn1-c1ccccc1. The van der Waals surface area contributed by atoms with Gasteiger partial charge in [-0.15, -0.1) is 17.7 Å². The summed E-state index contributed by atoms with van der Waals surface area (Å²) in [6, 6.07) is 9.60. The van der Waals surface area contributed by atoms with Gasteiger partial charge in [0, 0.05) is 0 Å². The fourth-order valence-electron chi connectivity index (χ4n) is 0.919. The highest BCUT2D eigenvalue weighted by molar-refractivity contribution is 7.80. The van der Waals surface area contributed by atoms with Crippen molar-refractivity contribution >= 4 is 20.5 Å². The number of hydrogen-bond acceptors (Lipinski definition) is 5. The zero-order valence-corrected chi connectivity index (χ0v) is 10.1. The van der Waals surface area contributed by atoms with Gasteiger partial charge in [-0.25, -0.2) is 4.57 Å². The molecule has 1 heterocycles. The second-order valence-corrected chi connectivity index (χ2v) is 4.17. The van der Waals surface area contributed by atoms with Gasteiger partial charge < -0.3 is 14.7 Å². The lowest BCUT2D eigenvalue weighted by atomic mass is 10.3. The molecule has 2 aromatic rings. The summed E-state index contributed by atoms with van der Waals surface area (Å²) in [5.74, 6) is 0. The molecule has 10 heteroatoms. The Labute approximate surface area is 102 Å². The Hall–Kier alpha value is -1.25. The first-order valence-corrected chi connectivity index (χ1v) is 6.20. The highest BCUT2D eigenvalue weighted by atomic mass is 32.1. The van der Waals surface area contributed by atoms with Crippen molar-refractivity contribution in [2.75, 3.05) is 0 Å². The van der Waals surface area contributed by atoms with Crippen molar-refractivity contribution in [1.29, 1.82) is 0 Å². The van der Waals surface area contributed by atoms with E-state index in [4.69, 9.17) is 19.2 Å². The minimum Gasteiger partial charge on any atom is -0.303 e. The molecular weight excluding hydrogens is 267 g/mol. The average molecular weight is 276 g/mol. The molecule has 0 bridgehead atoms. The van der Waals surface area contributed by atoms with Crippen LogP contribution in [0.15, 0.2) is 35.5 Å². The Morgan fingerprint density at radius 1 is 1.18 bits per heavy atom. The molecule has 0 fully saturated rings. The summed E-state index contributed by atoms with van der Waals surface area (Å²) in [5, 5.41) is 11.4. The van der Waals surface area contributed by atoms with Gasteiger partial charge in [-0.1, -0.05) is 18.2 Å². The van der Waals surface area contributed by atoms with Crippen LogP contribution in [0.4, 0.5) is 0 Å². The molecule has 0 aliphatic carbocycles. The second-order valence-electron chi connectivity index (χ2n) is 2.74. The summed E-state index contributed by atoms with van der Waals surface area (Å²) in [7, 11) is -4.64. The third kappa shape index (κ3) is 5.57. The van der Waals surface area contributed by atoms with Crippen LogP contribution < -0.4 is 0 Å². The minimum absolute atomic E-state index is 0.487. The summed E-state index contributed by atoms with van der Waals surface area (Å²) in [6.45, 7) is 0. The molecule has 8 nitrogen and oxygen atoms in total. The molecule has 3 N–H and O–H groups in total. The second kappa shape index (κ2) is 5.89. The maximum absolute atomic E-state index is 8.88. The Bertz CT molecular complexity index is 505.